The van der Waals surface area contributed by atoms with Crippen LogP contribution in [0.5, 0.6) is 17.2 Å². The van der Waals surface area contributed by atoms with Gasteiger partial charge in [-0.05, 0) is 42.0 Å². The molecule has 0 bridgehead atoms. The number of fused-ring (bicyclic) bond motifs is 1. The SMILES string of the molecule is COc1ccccc1C=C1Oc2cc(OCc3ccc(Cl)c(Cl)c3)ccc2C1=O. The number of ketones is 1. The van der Waals surface area contributed by atoms with Crippen molar-refractivity contribution in [2.75, 3.05) is 7.11 Å². The molecule has 0 atom stereocenters. The number of Topliss-reactive ketones (excluding diaryl/α,β-unsaturated/α-hetero) is 1. The largest absolute Gasteiger partial charge is 0.496 e. The molecule has 6 heteroatoms. The number of hydrogen-bond donors (Lipinski definition) is 0. The molecule has 1 aliphatic heterocycles. The highest BCUT2D eigenvalue weighted by molar-refractivity contribution is 6.42. The van der Waals surface area contributed by atoms with Gasteiger partial charge in [0.2, 0.25) is 5.78 Å². The molecule has 146 valence electrons. The third-order valence-corrected chi connectivity index (χ3v) is 5.20. The van der Waals surface area contributed by atoms with E-state index >= 15 is 0 Å². The molecular formula is C23H16Cl2O4. The van der Waals surface area contributed by atoms with Gasteiger partial charge in [0.15, 0.2) is 5.76 Å². The van der Waals surface area contributed by atoms with Crippen LogP contribution in [0, 0.1) is 0 Å². The van der Waals surface area contributed by atoms with Gasteiger partial charge in [0, 0.05) is 11.6 Å². The fourth-order valence-corrected chi connectivity index (χ4v) is 3.30. The molecule has 0 saturated heterocycles. The van der Waals surface area contributed by atoms with Crippen molar-refractivity contribution in [1.82, 2.24) is 0 Å². The lowest BCUT2D eigenvalue weighted by Crippen LogP contribution is -1.98. The van der Waals surface area contributed by atoms with Crippen molar-refractivity contribution < 1.29 is 19.0 Å². The predicted molar refractivity (Wildman–Crippen MR) is 113 cm³/mol. The van der Waals surface area contributed by atoms with Gasteiger partial charge in [0.1, 0.15) is 23.9 Å². The number of methoxy groups -OCH3 is 1. The van der Waals surface area contributed by atoms with E-state index in [1.165, 1.54) is 0 Å². The normalized spacial score (nSPS) is 13.9. The first-order valence-corrected chi connectivity index (χ1v) is 9.59. The minimum Gasteiger partial charge on any atom is -0.496 e. The zero-order valence-electron chi connectivity index (χ0n) is 15.4. The zero-order valence-corrected chi connectivity index (χ0v) is 17.0. The van der Waals surface area contributed by atoms with Crippen LogP contribution in [-0.4, -0.2) is 12.9 Å². The van der Waals surface area contributed by atoms with E-state index in [1.807, 2.05) is 30.3 Å². The quantitative estimate of drug-likeness (QED) is 0.455. The van der Waals surface area contributed by atoms with Crippen molar-refractivity contribution in [1.29, 1.82) is 0 Å². The van der Waals surface area contributed by atoms with Crippen molar-refractivity contribution >= 4 is 35.1 Å². The van der Waals surface area contributed by atoms with Crippen LogP contribution in [0.15, 0.2) is 66.4 Å². The van der Waals surface area contributed by atoms with E-state index in [1.54, 1.807) is 43.5 Å². The average molecular weight is 427 g/mol. The molecule has 4 rings (SSSR count). The molecule has 3 aromatic carbocycles. The maximum absolute atomic E-state index is 12.7. The van der Waals surface area contributed by atoms with Gasteiger partial charge in [-0.25, -0.2) is 0 Å². The molecule has 0 spiro atoms. The number of carbonyl (C=O) groups excluding carboxylic acids is 1. The maximum Gasteiger partial charge on any atom is 0.231 e. The molecule has 29 heavy (non-hydrogen) atoms. The minimum atomic E-state index is -0.179. The Hall–Kier alpha value is -2.95. The smallest absolute Gasteiger partial charge is 0.231 e. The maximum atomic E-state index is 12.7. The van der Waals surface area contributed by atoms with E-state index in [2.05, 4.69) is 0 Å². The number of carbonyl (C=O) groups is 1. The van der Waals surface area contributed by atoms with E-state index < -0.39 is 0 Å². The second kappa shape index (κ2) is 8.19. The summed E-state index contributed by atoms with van der Waals surface area (Å²) in [6.45, 7) is 0.313. The summed E-state index contributed by atoms with van der Waals surface area (Å²) in [4.78, 5) is 12.7. The Labute approximate surface area is 178 Å². The number of para-hydroxylation sites is 1. The highest BCUT2D eigenvalue weighted by Crippen LogP contribution is 2.36. The van der Waals surface area contributed by atoms with Gasteiger partial charge in [-0.1, -0.05) is 47.5 Å². The first-order chi connectivity index (χ1) is 14.0. The number of rotatable bonds is 5. The molecule has 4 nitrogen and oxygen atoms in total. The Kier molecular flexibility index (Phi) is 5.47. The molecule has 0 amide bonds. The van der Waals surface area contributed by atoms with Gasteiger partial charge in [-0.2, -0.15) is 0 Å². The molecule has 0 radical (unpaired) electrons. The summed E-state index contributed by atoms with van der Waals surface area (Å²) in [5.74, 6) is 1.77. The first-order valence-electron chi connectivity index (χ1n) is 8.83. The Morgan fingerprint density at radius 1 is 1.00 bits per heavy atom. The van der Waals surface area contributed by atoms with Gasteiger partial charge in [-0.3, -0.25) is 4.79 Å². The summed E-state index contributed by atoms with van der Waals surface area (Å²) in [6.07, 6.45) is 1.68. The third-order valence-electron chi connectivity index (χ3n) is 4.46. The van der Waals surface area contributed by atoms with Crippen molar-refractivity contribution in [3.63, 3.8) is 0 Å². The Bertz CT molecular complexity index is 1120. The predicted octanol–water partition coefficient (Wildman–Crippen LogP) is 6.20. The lowest BCUT2D eigenvalue weighted by atomic mass is 10.1. The first kappa shape index (κ1) is 19.4. The van der Waals surface area contributed by atoms with E-state index in [-0.39, 0.29) is 11.5 Å². The van der Waals surface area contributed by atoms with Crippen LogP contribution in [0.2, 0.25) is 10.0 Å². The summed E-state index contributed by atoms with van der Waals surface area (Å²) in [5, 5.41) is 0.969. The number of benzene rings is 3. The molecule has 0 fully saturated rings. The van der Waals surface area contributed by atoms with E-state index in [0.29, 0.717) is 39.5 Å². The van der Waals surface area contributed by atoms with Gasteiger partial charge in [0.25, 0.3) is 0 Å². The molecule has 3 aromatic rings. The fourth-order valence-electron chi connectivity index (χ4n) is 2.98. The Morgan fingerprint density at radius 3 is 2.62 bits per heavy atom. The third kappa shape index (κ3) is 4.09. The summed E-state index contributed by atoms with van der Waals surface area (Å²) in [6, 6.07) is 17.9. The van der Waals surface area contributed by atoms with E-state index in [9.17, 15) is 4.79 Å². The highest BCUT2D eigenvalue weighted by atomic mass is 35.5. The number of ether oxygens (including phenoxy) is 3. The number of hydrogen-bond acceptors (Lipinski definition) is 4. The van der Waals surface area contributed by atoms with Crippen LogP contribution in [-0.2, 0) is 6.61 Å². The van der Waals surface area contributed by atoms with Crippen LogP contribution < -0.4 is 14.2 Å². The van der Waals surface area contributed by atoms with Crippen molar-refractivity contribution in [2.24, 2.45) is 0 Å². The summed E-state index contributed by atoms with van der Waals surface area (Å²) >= 11 is 12.0. The van der Waals surface area contributed by atoms with E-state index in [4.69, 9.17) is 37.4 Å². The van der Waals surface area contributed by atoms with Crippen LogP contribution in [0.1, 0.15) is 21.5 Å². The molecule has 1 aliphatic rings. The molecule has 0 N–H and O–H groups in total. The van der Waals surface area contributed by atoms with E-state index in [0.717, 1.165) is 11.1 Å². The van der Waals surface area contributed by atoms with Gasteiger partial charge < -0.3 is 14.2 Å². The average Bonchev–Trinajstić information content (AvgIpc) is 3.04. The Morgan fingerprint density at radius 2 is 1.83 bits per heavy atom. The van der Waals surface area contributed by atoms with Gasteiger partial charge >= 0.3 is 0 Å². The standard InChI is InChI=1S/C23H16Cl2O4/c1-27-20-5-3-2-4-15(20)11-22-23(26)17-8-7-16(12-21(17)29-22)28-13-14-6-9-18(24)19(25)10-14/h2-12H,13H2,1H3. The summed E-state index contributed by atoms with van der Waals surface area (Å²) in [7, 11) is 1.58. The van der Waals surface area contributed by atoms with Gasteiger partial charge in [0.05, 0.1) is 22.7 Å². The van der Waals surface area contributed by atoms with Crippen molar-refractivity contribution in [2.45, 2.75) is 6.61 Å². The minimum absolute atomic E-state index is 0.179. The lowest BCUT2D eigenvalue weighted by Gasteiger charge is -2.08. The van der Waals surface area contributed by atoms with Gasteiger partial charge in [-0.15, -0.1) is 0 Å². The second-order valence-electron chi connectivity index (χ2n) is 6.38. The van der Waals surface area contributed by atoms with Crippen LogP contribution >= 0.6 is 23.2 Å². The second-order valence-corrected chi connectivity index (χ2v) is 7.19. The van der Waals surface area contributed by atoms with Crippen molar-refractivity contribution in [3.8, 4) is 17.2 Å². The number of halogens is 2. The molecule has 1 heterocycles. The molecule has 0 unspecified atom stereocenters. The number of allylic oxidation sites excluding steroid dienone is 1. The fraction of sp³-hybridized carbons (Fsp3) is 0.0870. The van der Waals surface area contributed by atoms with Crippen LogP contribution in [0.3, 0.4) is 0 Å². The molecule has 0 aromatic heterocycles. The summed E-state index contributed by atoms with van der Waals surface area (Å²) in [5.41, 5.74) is 2.14. The lowest BCUT2D eigenvalue weighted by molar-refractivity contribution is 0.101. The topological polar surface area (TPSA) is 44.8 Å². The highest BCUT2D eigenvalue weighted by Gasteiger charge is 2.28. The van der Waals surface area contributed by atoms with Crippen LogP contribution in [0.4, 0.5) is 0 Å². The Balaban J connectivity index is 1.52. The molecule has 0 aliphatic carbocycles. The van der Waals surface area contributed by atoms with Crippen molar-refractivity contribution in [3.05, 3.63) is 93.2 Å². The zero-order chi connectivity index (χ0) is 20.4. The monoisotopic (exact) mass is 426 g/mol. The van der Waals surface area contributed by atoms with Crippen LogP contribution in [0.25, 0.3) is 6.08 Å². The summed E-state index contributed by atoms with van der Waals surface area (Å²) < 4.78 is 16.9. The molecule has 0 saturated carbocycles. The molecular weight excluding hydrogens is 411 g/mol.